The van der Waals surface area contributed by atoms with Crippen LogP contribution in [0.3, 0.4) is 0 Å². The molecule has 0 saturated carbocycles. The lowest BCUT2D eigenvalue weighted by molar-refractivity contribution is 0.0998. The largest absolute Gasteiger partial charge is 0.293 e. The van der Waals surface area contributed by atoms with Crippen molar-refractivity contribution in [1.82, 2.24) is 0 Å². The maximum atomic E-state index is 11.3. The predicted molar refractivity (Wildman–Crippen MR) is 54.0 cm³/mol. The second-order valence-corrected chi connectivity index (χ2v) is 3.26. The second kappa shape index (κ2) is 4.11. The number of terminal acetylenes is 1. The van der Waals surface area contributed by atoms with Gasteiger partial charge >= 0.3 is 0 Å². The van der Waals surface area contributed by atoms with E-state index in [1.165, 1.54) is 0 Å². The van der Waals surface area contributed by atoms with Gasteiger partial charge in [-0.1, -0.05) is 17.5 Å². The van der Waals surface area contributed by atoms with Gasteiger partial charge in [0, 0.05) is 10.6 Å². The van der Waals surface area contributed by atoms with Crippen LogP contribution >= 0.6 is 11.6 Å². The Hall–Kier alpha value is -1.26. The Bertz CT molecular complexity index is 354. The summed E-state index contributed by atoms with van der Waals surface area (Å²) < 4.78 is 0. The van der Waals surface area contributed by atoms with Crippen molar-refractivity contribution in [3.05, 3.63) is 34.3 Å². The summed E-state index contributed by atoms with van der Waals surface area (Å²) in [5.74, 6) is 2.25. The van der Waals surface area contributed by atoms with Crippen molar-refractivity contribution in [2.45, 2.75) is 13.3 Å². The molecule has 1 aromatic carbocycles. The van der Waals surface area contributed by atoms with Crippen LogP contribution in [0.4, 0.5) is 0 Å². The molecule has 0 spiro atoms. The maximum Gasteiger partial charge on any atom is 0.174 e. The van der Waals surface area contributed by atoms with Crippen LogP contribution in [-0.2, 0) is 0 Å². The van der Waals surface area contributed by atoms with Crippen LogP contribution in [0.1, 0.15) is 22.3 Å². The number of rotatable bonds is 2. The number of hydrogen-bond donors (Lipinski definition) is 0. The zero-order chi connectivity index (χ0) is 9.84. The fourth-order valence-electron chi connectivity index (χ4n) is 1.09. The highest BCUT2D eigenvalue weighted by Gasteiger charge is 2.05. The Labute approximate surface area is 82.7 Å². The molecule has 13 heavy (non-hydrogen) atoms. The fourth-order valence-corrected chi connectivity index (χ4v) is 1.38. The minimum absolute atomic E-state index is 0.0619. The molecule has 0 aromatic heterocycles. The van der Waals surface area contributed by atoms with E-state index < -0.39 is 0 Å². The number of ketones is 1. The molecular weight excluding hydrogens is 184 g/mol. The van der Waals surface area contributed by atoms with E-state index in [4.69, 9.17) is 18.0 Å². The number of carbonyl (C=O) groups excluding carboxylic acids is 1. The molecule has 0 atom stereocenters. The topological polar surface area (TPSA) is 17.1 Å². The van der Waals surface area contributed by atoms with Crippen molar-refractivity contribution < 1.29 is 4.79 Å². The summed E-state index contributed by atoms with van der Waals surface area (Å²) in [5, 5.41) is 0.570. The summed E-state index contributed by atoms with van der Waals surface area (Å²) >= 11 is 5.79. The molecule has 1 aromatic rings. The van der Waals surface area contributed by atoms with E-state index in [1.807, 2.05) is 6.92 Å². The first-order valence-corrected chi connectivity index (χ1v) is 4.25. The highest BCUT2D eigenvalue weighted by Crippen LogP contribution is 2.15. The van der Waals surface area contributed by atoms with E-state index >= 15 is 0 Å². The van der Waals surface area contributed by atoms with Crippen molar-refractivity contribution in [3.63, 3.8) is 0 Å². The first-order chi connectivity index (χ1) is 6.13. The zero-order valence-electron chi connectivity index (χ0n) is 7.30. The molecule has 0 bridgehead atoms. The summed E-state index contributed by atoms with van der Waals surface area (Å²) in [5.41, 5.74) is 1.55. The maximum absolute atomic E-state index is 11.3. The van der Waals surface area contributed by atoms with Gasteiger partial charge in [-0.05, 0) is 30.7 Å². The van der Waals surface area contributed by atoms with Crippen LogP contribution in [0.25, 0.3) is 0 Å². The lowest BCUT2D eigenvalue weighted by Gasteiger charge is -2.00. The second-order valence-electron chi connectivity index (χ2n) is 2.82. The van der Waals surface area contributed by atoms with Crippen molar-refractivity contribution >= 4 is 17.4 Å². The lowest BCUT2D eigenvalue weighted by Crippen LogP contribution is -1.97. The molecule has 1 nitrogen and oxygen atoms in total. The van der Waals surface area contributed by atoms with Gasteiger partial charge < -0.3 is 0 Å². The van der Waals surface area contributed by atoms with Crippen LogP contribution in [0.5, 0.6) is 0 Å². The van der Waals surface area contributed by atoms with Gasteiger partial charge in [-0.3, -0.25) is 4.79 Å². The minimum Gasteiger partial charge on any atom is -0.293 e. The number of Topliss-reactive ketones (excluding diaryl/α,β-unsaturated/α-hetero) is 1. The molecular formula is C11H9ClO. The number of halogens is 1. The quantitative estimate of drug-likeness (QED) is 0.520. The molecule has 0 amide bonds. The summed E-state index contributed by atoms with van der Waals surface area (Å²) in [6.07, 6.45) is 5.16. The molecule has 0 aliphatic rings. The number of carbonyl (C=O) groups is 1. The molecule has 0 unspecified atom stereocenters. The number of benzene rings is 1. The summed E-state index contributed by atoms with van der Waals surface area (Å²) in [4.78, 5) is 11.3. The van der Waals surface area contributed by atoms with Crippen molar-refractivity contribution in [2.24, 2.45) is 0 Å². The number of aryl methyl sites for hydroxylation is 1. The van der Waals surface area contributed by atoms with E-state index in [2.05, 4.69) is 5.92 Å². The minimum atomic E-state index is -0.0619. The molecule has 0 heterocycles. The van der Waals surface area contributed by atoms with Gasteiger partial charge in [0.2, 0.25) is 0 Å². The van der Waals surface area contributed by atoms with E-state index in [0.717, 1.165) is 5.56 Å². The first-order valence-electron chi connectivity index (χ1n) is 3.87. The van der Waals surface area contributed by atoms with Gasteiger partial charge in [0.15, 0.2) is 5.78 Å². The third-order valence-corrected chi connectivity index (χ3v) is 1.84. The Morgan fingerprint density at radius 3 is 2.77 bits per heavy atom. The van der Waals surface area contributed by atoms with Gasteiger partial charge in [0.1, 0.15) is 0 Å². The van der Waals surface area contributed by atoms with Crippen molar-refractivity contribution in [1.29, 1.82) is 0 Å². The highest BCUT2D eigenvalue weighted by atomic mass is 35.5. The Balaban J connectivity index is 3.02. The van der Waals surface area contributed by atoms with Crippen molar-refractivity contribution in [2.75, 3.05) is 0 Å². The smallest absolute Gasteiger partial charge is 0.174 e. The van der Waals surface area contributed by atoms with E-state index in [9.17, 15) is 4.79 Å². The Morgan fingerprint density at radius 2 is 2.23 bits per heavy atom. The van der Waals surface area contributed by atoms with E-state index in [1.54, 1.807) is 18.2 Å². The normalized spacial score (nSPS) is 9.31. The van der Waals surface area contributed by atoms with E-state index in [-0.39, 0.29) is 12.2 Å². The summed E-state index contributed by atoms with van der Waals surface area (Å²) in [6.45, 7) is 1.89. The van der Waals surface area contributed by atoms with Crippen LogP contribution in [0.2, 0.25) is 5.02 Å². The molecule has 1 rings (SSSR count). The van der Waals surface area contributed by atoms with Crippen LogP contribution < -0.4 is 0 Å². The third kappa shape index (κ3) is 2.61. The van der Waals surface area contributed by atoms with Gasteiger partial charge in [-0.25, -0.2) is 0 Å². The molecule has 0 aliphatic heterocycles. The van der Waals surface area contributed by atoms with Crippen LogP contribution in [-0.4, -0.2) is 5.78 Å². The molecule has 0 aliphatic carbocycles. The fraction of sp³-hybridized carbons (Fsp3) is 0.182. The molecule has 0 saturated heterocycles. The highest BCUT2D eigenvalue weighted by molar-refractivity contribution is 6.31. The molecule has 66 valence electrons. The predicted octanol–water partition coefficient (Wildman–Crippen LogP) is 2.85. The molecule has 0 radical (unpaired) electrons. The monoisotopic (exact) mass is 192 g/mol. The lowest BCUT2D eigenvalue weighted by atomic mass is 10.1. The third-order valence-electron chi connectivity index (χ3n) is 1.63. The molecule has 0 N–H and O–H groups in total. The van der Waals surface area contributed by atoms with Gasteiger partial charge in [-0.15, -0.1) is 6.42 Å². The van der Waals surface area contributed by atoms with Gasteiger partial charge in [0.05, 0.1) is 6.42 Å². The summed E-state index contributed by atoms with van der Waals surface area (Å²) in [7, 11) is 0. The molecule has 2 heteroatoms. The molecule has 0 fully saturated rings. The van der Waals surface area contributed by atoms with Crippen LogP contribution in [0, 0.1) is 19.3 Å². The van der Waals surface area contributed by atoms with Gasteiger partial charge in [0.25, 0.3) is 0 Å². The standard InChI is InChI=1S/C11H9ClO/c1-3-4-11(13)9-5-8(2)6-10(12)7-9/h1,5-7H,4H2,2H3. The summed E-state index contributed by atoms with van der Waals surface area (Å²) in [6, 6.07) is 5.22. The van der Waals surface area contributed by atoms with Gasteiger partial charge in [-0.2, -0.15) is 0 Å². The van der Waals surface area contributed by atoms with Crippen LogP contribution in [0.15, 0.2) is 18.2 Å². The SMILES string of the molecule is C#CCC(=O)c1cc(C)cc(Cl)c1. The average Bonchev–Trinajstić information content (AvgIpc) is 2.03. The Kier molecular flexibility index (Phi) is 3.11. The number of hydrogen-bond acceptors (Lipinski definition) is 1. The zero-order valence-corrected chi connectivity index (χ0v) is 8.06. The van der Waals surface area contributed by atoms with Crippen molar-refractivity contribution in [3.8, 4) is 12.3 Å². The average molecular weight is 193 g/mol. The Morgan fingerprint density at radius 1 is 1.54 bits per heavy atom. The van der Waals surface area contributed by atoms with E-state index in [0.29, 0.717) is 10.6 Å². The first kappa shape index (κ1) is 9.83.